The van der Waals surface area contributed by atoms with Crippen molar-refractivity contribution < 1.29 is 4.57 Å². The van der Waals surface area contributed by atoms with Crippen molar-refractivity contribution in [2.24, 2.45) is 7.05 Å². The summed E-state index contributed by atoms with van der Waals surface area (Å²) in [4.78, 5) is 0. The first-order valence-electron chi connectivity index (χ1n) is 11.3. The van der Waals surface area contributed by atoms with Crippen LogP contribution in [0, 0.1) is 13.8 Å². The van der Waals surface area contributed by atoms with Crippen molar-refractivity contribution in [3.8, 4) is 22.4 Å². The van der Waals surface area contributed by atoms with Gasteiger partial charge in [0.25, 0.3) is 0 Å². The summed E-state index contributed by atoms with van der Waals surface area (Å²) >= 11 is 0. The fourth-order valence-corrected chi connectivity index (χ4v) is 5.49. The predicted octanol–water partition coefficient (Wildman–Crippen LogP) is 7.18. The van der Waals surface area contributed by atoms with E-state index in [-0.39, 0.29) is 10.8 Å². The van der Waals surface area contributed by atoms with Crippen LogP contribution in [0.2, 0.25) is 0 Å². The van der Waals surface area contributed by atoms with Gasteiger partial charge in [-0.2, -0.15) is 0 Å². The number of benzene rings is 3. The number of aromatic nitrogens is 1. The molecule has 1 nitrogen and oxygen atoms in total. The van der Waals surface area contributed by atoms with Crippen LogP contribution in [0.15, 0.2) is 66.9 Å². The first-order valence-corrected chi connectivity index (χ1v) is 11.3. The third kappa shape index (κ3) is 2.72. The first kappa shape index (κ1) is 20.0. The lowest BCUT2D eigenvalue weighted by atomic mass is 9.54. The highest BCUT2D eigenvalue weighted by Crippen LogP contribution is 2.56. The van der Waals surface area contributed by atoms with E-state index in [2.05, 4.69) is 120 Å². The van der Waals surface area contributed by atoms with E-state index in [1.54, 1.807) is 0 Å². The van der Waals surface area contributed by atoms with Crippen LogP contribution in [0.4, 0.5) is 0 Å². The molecule has 0 radical (unpaired) electrons. The lowest BCUT2D eigenvalue weighted by Crippen LogP contribution is -2.44. The van der Waals surface area contributed by atoms with Gasteiger partial charge in [0.2, 0.25) is 5.69 Å². The van der Waals surface area contributed by atoms with E-state index < -0.39 is 0 Å². The number of hydrogen-bond donors (Lipinski definition) is 0. The van der Waals surface area contributed by atoms with Crippen LogP contribution < -0.4 is 4.57 Å². The lowest BCUT2D eigenvalue weighted by Gasteiger charge is -2.49. The van der Waals surface area contributed by atoms with Crippen LogP contribution in [0.3, 0.4) is 0 Å². The molecule has 1 heterocycles. The molecule has 0 aliphatic heterocycles. The summed E-state index contributed by atoms with van der Waals surface area (Å²) < 4.78 is 2.24. The maximum absolute atomic E-state index is 2.47. The van der Waals surface area contributed by atoms with Crippen molar-refractivity contribution in [3.05, 3.63) is 89.1 Å². The Hall–Kier alpha value is -2.93. The summed E-state index contributed by atoms with van der Waals surface area (Å²) in [5.74, 6) is 0. The number of aryl methyl sites for hydroxylation is 3. The van der Waals surface area contributed by atoms with E-state index in [1.165, 1.54) is 55.4 Å². The van der Waals surface area contributed by atoms with E-state index in [4.69, 9.17) is 0 Å². The Labute approximate surface area is 186 Å². The average molecular weight is 407 g/mol. The molecule has 0 bridgehead atoms. The second-order valence-corrected chi connectivity index (χ2v) is 10.4. The molecule has 31 heavy (non-hydrogen) atoms. The molecule has 4 aromatic rings. The second-order valence-electron chi connectivity index (χ2n) is 10.4. The zero-order valence-corrected chi connectivity index (χ0v) is 19.8. The van der Waals surface area contributed by atoms with Crippen LogP contribution in [-0.2, 0) is 17.9 Å². The quantitative estimate of drug-likeness (QED) is 0.295. The second kappa shape index (κ2) is 6.53. The highest BCUT2D eigenvalue weighted by molar-refractivity contribution is 5.96. The first-order chi connectivity index (χ1) is 14.6. The van der Waals surface area contributed by atoms with Gasteiger partial charge in [-0.1, -0.05) is 70.2 Å². The Balaban J connectivity index is 1.88. The van der Waals surface area contributed by atoms with Gasteiger partial charge in [-0.15, -0.1) is 0 Å². The molecule has 1 aliphatic rings. The Kier molecular flexibility index (Phi) is 4.21. The molecular formula is C30H32N+. The van der Waals surface area contributed by atoms with Crippen LogP contribution in [0.1, 0.15) is 49.9 Å². The number of hydrogen-bond acceptors (Lipinski definition) is 0. The zero-order valence-electron chi connectivity index (χ0n) is 19.8. The van der Waals surface area contributed by atoms with Gasteiger partial charge >= 0.3 is 0 Å². The van der Waals surface area contributed by atoms with Crippen LogP contribution in [0.5, 0.6) is 0 Å². The van der Waals surface area contributed by atoms with Gasteiger partial charge in [0.05, 0.1) is 0 Å². The lowest BCUT2D eigenvalue weighted by molar-refractivity contribution is -0.660. The molecule has 1 heteroatoms. The summed E-state index contributed by atoms with van der Waals surface area (Å²) in [5, 5.41) is 2.71. The highest BCUT2D eigenvalue weighted by atomic mass is 14.9. The number of pyridine rings is 1. The molecule has 0 unspecified atom stereocenters. The van der Waals surface area contributed by atoms with Crippen molar-refractivity contribution in [1.82, 2.24) is 0 Å². The maximum Gasteiger partial charge on any atom is 0.212 e. The summed E-state index contributed by atoms with van der Waals surface area (Å²) in [7, 11) is 2.14. The standard InChI is InChI=1S/C30H32N/c1-19-14-15-31(7)27(16-19)24-18-26-25(17-20(24)2)23-13-12-21-10-8-9-11-22(21)28(23)30(5,6)29(26,3)4/h8-18H,1-7H3/q+1. The molecule has 0 amide bonds. The SMILES string of the molecule is Cc1cc[n+](C)c(-c2cc3c(cc2C)-c2ccc4ccccc4c2C(C)(C)C3(C)C)c1. The Bertz CT molecular complexity index is 1350. The monoisotopic (exact) mass is 406 g/mol. The molecular weight excluding hydrogens is 374 g/mol. The van der Waals surface area contributed by atoms with Crippen molar-refractivity contribution in [3.63, 3.8) is 0 Å². The van der Waals surface area contributed by atoms with Crippen molar-refractivity contribution in [2.75, 3.05) is 0 Å². The van der Waals surface area contributed by atoms with E-state index in [0.29, 0.717) is 0 Å². The smallest absolute Gasteiger partial charge is 0.201 e. The minimum absolute atomic E-state index is 0.00246. The van der Waals surface area contributed by atoms with E-state index >= 15 is 0 Å². The van der Waals surface area contributed by atoms with Gasteiger partial charge in [0.1, 0.15) is 7.05 Å². The molecule has 0 saturated heterocycles. The summed E-state index contributed by atoms with van der Waals surface area (Å²) in [6, 6.07) is 22.9. The van der Waals surface area contributed by atoms with Gasteiger partial charge < -0.3 is 0 Å². The topological polar surface area (TPSA) is 3.88 Å². The molecule has 0 atom stereocenters. The molecule has 5 rings (SSSR count). The fraction of sp³-hybridized carbons (Fsp3) is 0.300. The van der Waals surface area contributed by atoms with E-state index in [0.717, 1.165) is 0 Å². The van der Waals surface area contributed by atoms with Gasteiger partial charge in [0, 0.05) is 23.1 Å². The van der Waals surface area contributed by atoms with Crippen LogP contribution in [-0.4, -0.2) is 0 Å². The molecule has 0 spiro atoms. The molecule has 0 saturated carbocycles. The van der Waals surface area contributed by atoms with Crippen molar-refractivity contribution >= 4 is 10.8 Å². The van der Waals surface area contributed by atoms with Gasteiger partial charge in [-0.05, 0) is 69.5 Å². The third-order valence-electron chi connectivity index (χ3n) is 8.03. The largest absolute Gasteiger partial charge is 0.212 e. The van der Waals surface area contributed by atoms with Crippen LogP contribution in [0.25, 0.3) is 33.2 Å². The molecule has 1 aromatic heterocycles. The van der Waals surface area contributed by atoms with Gasteiger partial charge in [-0.3, -0.25) is 0 Å². The normalized spacial score (nSPS) is 16.1. The Morgan fingerprint density at radius 2 is 1.45 bits per heavy atom. The number of nitrogens with zero attached hydrogens (tertiary/aromatic N) is 1. The summed E-state index contributed by atoms with van der Waals surface area (Å²) in [6.45, 7) is 14.1. The summed E-state index contributed by atoms with van der Waals surface area (Å²) in [5.41, 5.74) is 10.9. The number of fused-ring (bicyclic) bond motifs is 5. The molecule has 0 N–H and O–H groups in total. The minimum atomic E-state index is -0.00962. The summed E-state index contributed by atoms with van der Waals surface area (Å²) in [6.07, 6.45) is 2.17. The zero-order chi connectivity index (χ0) is 22.1. The molecule has 3 aromatic carbocycles. The van der Waals surface area contributed by atoms with Crippen molar-refractivity contribution in [2.45, 2.75) is 52.4 Å². The van der Waals surface area contributed by atoms with Gasteiger partial charge in [0.15, 0.2) is 6.20 Å². The third-order valence-corrected chi connectivity index (χ3v) is 8.03. The average Bonchev–Trinajstić information content (AvgIpc) is 2.73. The van der Waals surface area contributed by atoms with Crippen LogP contribution >= 0.6 is 0 Å². The molecule has 0 fully saturated rings. The number of rotatable bonds is 1. The highest BCUT2D eigenvalue weighted by Gasteiger charge is 2.47. The Morgan fingerprint density at radius 1 is 0.710 bits per heavy atom. The Morgan fingerprint density at radius 3 is 2.23 bits per heavy atom. The molecule has 1 aliphatic carbocycles. The van der Waals surface area contributed by atoms with Crippen molar-refractivity contribution in [1.29, 1.82) is 0 Å². The van der Waals surface area contributed by atoms with Gasteiger partial charge in [-0.25, -0.2) is 4.57 Å². The molecule has 156 valence electrons. The van der Waals surface area contributed by atoms with E-state index in [9.17, 15) is 0 Å². The van der Waals surface area contributed by atoms with E-state index in [1.807, 2.05) is 0 Å². The predicted molar refractivity (Wildman–Crippen MR) is 132 cm³/mol. The minimum Gasteiger partial charge on any atom is -0.201 e. The fourth-order valence-electron chi connectivity index (χ4n) is 5.49. The maximum atomic E-state index is 2.47.